The first-order valence-electron chi connectivity index (χ1n) is 8.21. The van der Waals surface area contributed by atoms with Crippen molar-refractivity contribution in [2.75, 3.05) is 32.7 Å². The van der Waals surface area contributed by atoms with E-state index in [4.69, 9.17) is 0 Å². The van der Waals surface area contributed by atoms with Crippen LogP contribution in [0.5, 0.6) is 0 Å². The van der Waals surface area contributed by atoms with Crippen LogP contribution in [-0.2, 0) is 14.8 Å². The van der Waals surface area contributed by atoms with E-state index in [1.54, 1.807) is 0 Å². The molecule has 0 aromatic heterocycles. The van der Waals surface area contributed by atoms with E-state index in [9.17, 15) is 22.0 Å². The number of halogens is 2. The monoisotopic (exact) mass is 375 g/mol. The molecular weight excluding hydrogens is 352 g/mol. The van der Waals surface area contributed by atoms with Gasteiger partial charge in [-0.3, -0.25) is 9.69 Å². The number of amides is 1. The van der Waals surface area contributed by atoms with Crippen molar-refractivity contribution in [1.82, 2.24) is 14.5 Å². The van der Waals surface area contributed by atoms with E-state index in [0.29, 0.717) is 19.2 Å². The van der Waals surface area contributed by atoms with Gasteiger partial charge in [0.05, 0.1) is 6.54 Å². The van der Waals surface area contributed by atoms with Crippen LogP contribution in [0.2, 0.25) is 0 Å². The maximum atomic E-state index is 13.8. The zero-order valence-electron chi connectivity index (χ0n) is 14.3. The highest BCUT2D eigenvalue weighted by atomic mass is 32.2. The molecule has 0 aliphatic carbocycles. The van der Waals surface area contributed by atoms with Gasteiger partial charge < -0.3 is 5.32 Å². The maximum absolute atomic E-state index is 13.8. The lowest BCUT2D eigenvalue weighted by molar-refractivity contribution is -0.123. The summed E-state index contributed by atoms with van der Waals surface area (Å²) >= 11 is 0. The second-order valence-corrected chi connectivity index (χ2v) is 8.04. The quantitative estimate of drug-likeness (QED) is 0.811. The second kappa shape index (κ2) is 8.20. The highest BCUT2D eigenvalue weighted by Gasteiger charge is 2.31. The van der Waals surface area contributed by atoms with Gasteiger partial charge in [-0.1, -0.05) is 6.92 Å². The number of benzene rings is 1. The molecule has 1 aliphatic heterocycles. The van der Waals surface area contributed by atoms with Gasteiger partial charge >= 0.3 is 0 Å². The molecule has 0 radical (unpaired) electrons. The van der Waals surface area contributed by atoms with Crippen LogP contribution in [-0.4, -0.2) is 62.3 Å². The summed E-state index contributed by atoms with van der Waals surface area (Å²) in [5.41, 5.74) is 0. The van der Waals surface area contributed by atoms with Gasteiger partial charge in [-0.05, 0) is 31.5 Å². The lowest BCUT2D eigenvalue weighted by Crippen LogP contribution is -2.51. The van der Waals surface area contributed by atoms with Crippen LogP contribution >= 0.6 is 0 Å². The molecule has 1 fully saturated rings. The van der Waals surface area contributed by atoms with Gasteiger partial charge in [0.1, 0.15) is 16.5 Å². The molecule has 1 aromatic rings. The van der Waals surface area contributed by atoms with Crippen LogP contribution in [0.1, 0.15) is 20.3 Å². The number of rotatable bonds is 6. The normalized spacial score (nSPS) is 18.1. The van der Waals surface area contributed by atoms with Crippen LogP contribution in [0.15, 0.2) is 23.1 Å². The minimum atomic E-state index is -4.10. The third kappa shape index (κ3) is 4.96. The summed E-state index contributed by atoms with van der Waals surface area (Å²) in [5, 5.41) is 2.85. The van der Waals surface area contributed by atoms with Gasteiger partial charge in [-0.25, -0.2) is 17.2 Å². The standard InChI is InChI=1S/C16H23F2N3O3S/c1-3-12(2)19-16(22)11-20-6-8-21(9-7-20)25(23,24)15-10-13(17)4-5-14(15)18/h4-5,10,12H,3,6-9,11H2,1-2H3,(H,19,22)/t12-/m0/s1. The van der Waals surface area contributed by atoms with Crippen molar-refractivity contribution in [2.24, 2.45) is 0 Å². The number of hydrogen-bond acceptors (Lipinski definition) is 4. The first-order chi connectivity index (χ1) is 11.7. The molecule has 0 bridgehead atoms. The average Bonchev–Trinajstić information content (AvgIpc) is 2.57. The van der Waals surface area contributed by atoms with Crippen molar-refractivity contribution >= 4 is 15.9 Å². The van der Waals surface area contributed by atoms with Crippen LogP contribution in [0.25, 0.3) is 0 Å². The Morgan fingerprint density at radius 2 is 1.88 bits per heavy atom. The Bertz CT molecular complexity index is 719. The summed E-state index contributed by atoms with van der Waals surface area (Å²) < 4.78 is 53.2. The summed E-state index contributed by atoms with van der Waals surface area (Å²) in [7, 11) is -4.10. The molecule has 1 atom stereocenters. The van der Waals surface area contributed by atoms with Crippen molar-refractivity contribution in [3.63, 3.8) is 0 Å². The van der Waals surface area contributed by atoms with E-state index in [2.05, 4.69) is 5.32 Å². The van der Waals surface area contributed by atoms with Crippen molar-refractivity contribution in [2.45, 2.75) is 31.2 Å². The average molecular weight is 375 g/mol. The predicted octanol–water partition coefficient (Wildman–Crippen LogP) is 1.19. The van der Waals surface area contributed by atoms with Crippen molar-refractivity contribution in [3.05, 3.63) is 29.8 Å². The van der Waals surface area contributed by atoms with Gasteiger partial charge in [-0.15, -0.1) is 0 Å². The molecule has 1 aliphatic rings. The maximum Gasteiger partial charge on any atom is 0.246 e. The molecule has 1 saturated heterocycles. The summed E-state index contributed by atoms with van der Waals surface area (Å²) in [5.74, 6) is -1.89. The van der Waals surface area contributed by atoms with E-state index in [1.165, 1.54) is 0 Å². The minimum absolute atomic E-state index is 0.0881. The van der Waals surface area contributed by atoms with Crippen LogP contribution in [0, 0.1) is 11.6 Å². The summed E-state index contributed by atoms with van der Waals surface area (Å²) in [6, 6.07) is 2.46. The lowest BCUT2D eigenvalue weighted by Gasteiger charge is -2.33. The SMILES string of the molecule is CC[C@H](C)NC(=O)CN1CCN(S(=O)(=O)c2cc(F)ccc2F)CC1. The van der Waals surface area contributed by atoms with Gasteiger partial charge in [0.25, 0.3) is 0 Å². The zero-order valence-corrected chi connectivity index (χ0v) is 15.2. The number of hydrogen-bond donors (Lipinski definition) is 1. The predicted molar refractivity (Wildman–Crippen MR) is 89.5 cm³/mol. The number of piperazine rings is 1. The fraction of sp³-hybridized carbons (Fsp3) is 0.562. The highest BCUT2D eigenvalue weighted by molar-refractivity contribution is 7.89. The fourth-order valence-corrected chi connectivity index (χ4v) is 4.07. The molecule has 25 heavy (non-hydrogen) atoms. The summed E-state index contributed by atoms with van der Waals surface area (Å²) in [6.07, 6.45) is 0.830. The van der Waals surface area contributed by atoms with Crippen molar-refractivity contribution < 1.29 is 22.0 Å². The Balaban J connectivity index is 1.97. The summed E-state index contributed by atoms with van der Waals surface area (Å²) in [6.45, 7) is 5.01. The molecule has 0 unspecified atom stereocenters. The molecule has 140 valence electrons. The number of nitrogens with one attached hydrogen (secondary N) is 1. The van der Waals surface area contributed by atoms with Crippen molar-refractivity contribution in [1.29, 1.82) is 0 Å². The minimum Gasteiger partial charge on any atom is -0.353 e. The molecule has 6 nitrogen and oxygen atoms in total. The van der Waals surface area contributed by atoms with Crippen molar-refractivity contribution in [3.8, 4) is 0 Å². The molecule has 1 amide bonds. The molecule has 1 N–H and O–H groups in total. The molecule has 1 aromatic carbocycles. The van der Waals surface area contributed by atoms with E-state index in [0.717, 1.165) is 22.9 Å². The molecule has 1 heterocycles. The number of carbonyl (C=O) groups excluding carboxylic acids is 1. The Kier molecular flexibility index (Phi) is 6.47. The Hall–Kier alpha value is -1.58. The molecule has 2 rings (SSSR count). The van der Waals surface area contributed by atoms with E-state index >= 15 is 0 Å². The smallest absolute Gasteiger partial charge is 0.246 e. The Morgan fingerprint density at radius 3 is 2.48 bits per heavy atom. The van der Waals surface area contributed by atoms with Crippen LogP contribution in [0.3, 0.4) is 0 Å². The molecule has 0 spiro atoms. The third-order valence-corrected chi connectivity index (χ3v) is 6.14. The van der Waals surface area contributed by atoms with E-state index in [1.807, 2.05) is 18.7 Å². The van der Waals surface area contributed by atoms with E-state index < -0.39 is 26.6 Å². The topological polar surface area (TPSA) is 69.7 Å². The Morgan fingerprint density at radius 1 is 1.24 bits per heavy atom. The molecule has 0 saturated carbocycles. The first kappa shape index (κ1) is 19.7. The molecular formula is C16H23F2N3O3S. The zero-order chi connectivity index (χ0) is 18.6. The van der Waals surface area contributed by atoms with Gasteiger partial charge in [-0.2, -0.15) is 4.31 Å². The second-order valence-electron chi connectivity index (χ2n) is 6.13. The van der Waals surface area contributed by atoms with Crippen LogP contribution < -0.4 is 5.32 Å². The van der Waals surface area contributed by atoms with Gasteiger partial charge in [0.2, 0.25) is 15.9 Å². The lowest BCUT2D eigenvalue weighted by atomic mass is 10.2. The number of nitrogens with zero attached hydrogens (tertiary/aromatic N) is 2. The number of sulfonamides is 1. The van der Waals surface area contributed by atoms with Gasteiger partial charge in [0.15, 0.2) is 0 Å². The third-order valence-electron chi connectivity index (χ3n) is 4.23. The first-order valence-corrected chi connectivity index (χ1v) is 9.65. The number of carbonyl (C=O) groups is 1. The highest BCUT2D eigenvalue weighted by Crippen LogP contribution is 2.21. The largest absolute Gasteiger partial charge is 0.353 e. The van der Waals surface area contributed by atoms with E-state index in [-0.39, 0.29) is 31.6 Å². The van der Waals surface area contributed by atoms with Crippen LogP contribution in [0.4, 0.5) is 8.78 Å². The summed E-state index contributed by atoms with van der Waals surface area (Å²) in [4.78, 5) is 13.1. The van der Waals surface area contributed by atoms with Gasteiger partial charge in [0, 0.05) is 32.2 Å². The fourth-order valence-electron chi connectivity index (χ4n) is 2.57. The Labute approximate surface area is 146 Å². The molecule has 9 heteroatoms.